The molecule has 0 unspecified atom stereocenters. The van der Waals surface area contributed by atoms with E-state index in [1.54, 1.807) is 55.5 Å². The molecular formula is C21H27N3O5S. The summed E-state index contributed by atoms with van der Waals surface area (Å²) in [6.07, 6.45) is 1.09. The summed E-state index contributed by atoms with van der Waals surface area (Å²) in [4.78, 5) is 24.8. The Morgan fingerprint density at radius 1 is 1.10 bits per heavy atom. The van der Waals surface area contributed by atoms with Crippen molar-refractivity contribution < 1.29 is 22.7 Å². The van der Waals surface area contributed by atoms with E-state index in [0.717, 1.165) is 17.0 Å². The van der Waals surface area contributed by atoms with Gasteiger partial charge in [-0.05, 0) is 49.7 Å². The first-order valence-electron chi connectivity index (χ1n) is 9.52. The Labute approximate surface area is 177 Å². The quantitative estimate of drug-likeness (QED) is 0.633. The van der Waals surface area contributed by atoms with Crippen molar-refractivity contribution in [1.82, 2.24) is 5.32 Å². The number of hydrogen-bond donors (Lipinski definition) is 2. The summed E-state index contributed by atoms with van der Waals surface area (Å²) >= 11 is 0. The molecule has 0 bridgehead atoms. The van der Waals surface area contributed by atoms with Crippen LogP contribution in [0.1, 0.15) is 30.6 Å². The molecule has 0 saturated heterocycles. The average molecular weight is 434 g/mol. The van der Waals surface area contributed by atoms with Crippen LogP contribution in [0.2, 0.25) is 0 Å². The van der Waals surface area contributed by atoms with Gasteiger partial charge in [0, 0.05) is 13.6 Å². The summed E-state index contributed by atoms with van der Waals surface area (Å²) in [5.41, 5.74) is 1.25. The predicted molar refractivity (Wildman–Crippen MR) is 117 cm³/mol. The molecule has 2 aromatic rings. The number of carbonyl (C=O) groups is 2. The summed E-state index contributed by atoms with van der Waals surface area (Å²) < 4.78 is 30.0. The second-order valence-electron chi connectivity index (χ2n) is 6.78. The van der Waals surface area contributed by atoms with Crippen molar-refractivity contribution in [3.63, 3.8) is 0 Å². The first-order valence-corrected chi connectivity index (χ1v) is 11.4. The van der Waals surface area contributed by atoms with Crippen molar-refractivity contribution in [2.45, 2.75) is 26.4 Å². The lowest BCUT2D eigenvalue weighted by atomic mass is 10.1. The molecule has 0 aliphatic heterocycles. The van der Waals surface area contributed by atoms with Crippen LogP contribution in [-0.4, -0.2) is 46.2 Å². The Kier molecular flexibility index (Phi) is 7.82. The third kappa shape index (κ3) is 6.21. The summed E-state index contributed by atoms with van der Waals surface area (Å²) in [5, 5.41) is 5.51. The minimum Gasteiger partial charge on any atom is -0.481 e. The first kappa shape index (κ1) is 23.2. The second-order valence-corrected chi connectivity index (χ2v) is 8.79. The van der Waals surface area contributed by atoms with Gasteiger partial charge in [-0.3, -0.25) is 13.9 Å². The molecule has 0 aromatic heterocycles. The predicted octanol–water partition coefficient (Wildman–Crippen LogP) is 2.63. The maximum absolute atomic E-state index is 12.6. The van der Waals surface area contributed by atoms with E-state index in [0.29, 0.717) is 29.2 Å². The van der Waals surface area contributed by atoms with Crippen molar-refractivity contribution >= 4 is 33.2 Å². The number of rotatable bonds is 9. The van der Waals surface area contributed by atoms with E-state index >= 15 is 0 Å². The van der Waals surface area contributed by atoms with Gasteiger partial charge in [-0.15, -0.1) is 0 Å². The maximum atomic E-state index is 12.6. The lowest BCUT2D eigenvalue weighted by Gasteiger charge is -2.18. The number of para-hydroxylation sites is 1. The maximum Gasteiger partial charge on any atom is 0.265 e. The highest BCUT2D eigenvalue weighted by Gasteiger charge is 2.19. The molecule has 0 spiro atoms. The molecule has 0 heterocycles. The number of sulfonamides is 1. The standard InChI is InChI=1S/C21H27N3O5S/c1-5-14-22-21(26)18-8-6-7-9-19(18)23-20(25)15(2)29-17-12-10-16(11-13-17)24(3)30(4,27)28/h6-13,15H,5,14H2,1-4H3,(H,22,26)(H,23,25)/t15-/m0/s1. The van der Waals surface area contributed by atoms with E-state index in [9.17, 15) is 18.0 Å². The molecule has 2 rings (SSSR count). The highest BCUT2D eigenvalue weighted by molar-refractivity contribution is 7.92. The molecule has 2 N–H and O–H groups in total. The fourth-order valence-electron chi connectivity index (χ4n) is 2.54. The van der Waals surface area contributed by atoms with Crippen molar-refractivity contribution in [3.05, 3.63) is 54.1 Å². The number of benzene rings is 2. The summed E-state index contributed by atoms with van der Waals surface area (Å²) in [5.74, 6) is -0.257. The van der Waals surface area contributed by atoms with Gasteiger partial charge in [0.1, 0.15) is 5.75 Å². The zero-order valence-electron chi connectivity index (χ0n) is 17.5. The third-order valence-electron chi connectivity index (χ3n) is 4.34. The molecule has 162 valence electrons. The average Bonchev–Trinajstić information content (AvgIpc) is 2.71. The van der Waals surface area contributed by atoms with Crippen molar-refractivity contribution in [2.24, 2.45) is 0 Å². The zero-order chi connectivity index (χ0) is 22.3. The van der Waals surface area contributed by atoms with E-state index in [4.69, 9.17) is 4.74 Å². The van der Waals surface area contributed by atoms with E-state index in [-0.39, 0.29) is 5.91 Å². The molecule has 8 nitrogen and oxygen atoms in total. The van der Waals surface area contributed by atoms with Gasteiger partial charge >= 0.3 is 0 Å². The third-order valence-corrected chi connectivity index (χ3v) is 5.55. The molecule has 2 amide bonds. The highest BCUT2D eigenvalue weighted by Crippen LogP contribution is 2.22. The fraction of sp³-hybridized carbons (Fsp3) is 0.333. The topological polar surface area (TPSA) is 105 Å². The molecule has 9 heteroatoms. The van der Waals surface area contributed by atoms with Crippen molar-refractivity contribution in [3.8, 4) is 5.75 Å². The number of ether oxygens (including phenoxy) is 1. The lowest BCUT2D eigenvalue weighted by molar-refractivity contribution is -0.122. The van der Waals surface area contributed by atoms with Gasteiger partial charge in [0.15, 0.2) is 6.10 Å². The molecule has 1 atom stereocenters. The van der Waals surface area contributed by atoms with E-state index in [2.05, 4.69) is 10.6 Å². The van der Waals surface area contributed by atoms with Gasteiger partial charge in [-0.1, -0.05) is 19.1 Å². The van der Waals surface area contributed by atoms with E-state index in [1.807, 2.05) is 6.92 Å². The van der Waals surface area contributed by atoms with Crippen LogP contribution < -0.4 is 19.7 Å². The summed E-state index contributed by atoms with van der Waals surface area (Å²) in [6, 6.07) is 13.1. The van der Waals surface area contributed by atoms with Crippen LogP contribution in [-0.2, 0) is 14.8 Å². The second kappa shape index (κ2) is 10.1. The molecule has 0 fully saturated rings. The SMILES string of the molecule is CCCNC(=O)c1ccccc1NC(=O)[C@H](C)Oc1ccc(N(C)S(C)(=O)=O)cc1. The molecule has 0 saturated carbocycles. The number of nitrogens with one attached hydrogen (secondary N) is 2. The zero-order valence-corrected chi connectivity index (χ0v) is 18.3. The van der Waals surface area contributed by atoms with Gasteiger partial charge in [0.2, 0.25) is 10.0 Å². The molecule has 0 radical (unpaired) electrons. The molecule has 2 aromatic carbocycles. The van der Waals surface area contributed by atoms with Crippen LogP contribution in [0.25, 0.3) is 0 Å². The number of anilines is 2. The van der Waals surface area contributed by atoms with Gasteiger partial charge in [-0.25, -0.2) is 8.42 Å². The van der Waals surface area contributed by atoms with E-state index in [1.165, 1.54) is 7.05 Å². The normalized spacial score (nSPS) is 12.0. The van der Waals surface area contributed by atoms with Gasteiger partial charge < -0.3 is 15.4 Å². The largest absolute Gasteiger partial charge is 0.481 e. The number of carbonyl (C=O) groups excluding carboxylic acids is 2. The van der Waals surface area contributed by atoms with Gasteiger partial charge in [0.05, 0.1) is 23.2 Å². The van der Waals surface area contributed by atoms with Crippen LogP contribution in [0, 0.1) is 0 Å². The first-order chi connectivity index (χ1) is 14.1. The Balaban J connectivity index is 2.05. The Bertz CT molecular complexity index is 990. The van der Waals surface area contributed by atoms with Crippen LogP contribution in [0.5, 0.6) is 5.75 Å². The van der Waals surface area contributed by atoms with Crippen LogP contribution in [0.4, 0.5) is 11.4 Å². The summed E-state index contributed by atoms with van der Waals surface area (Å²) in [6.45, 7) is 4.09. The number of nitrogens with zero attached hydrogens (tertiary/aromatic N) is 1. The smallest absolute Gasteiger partial charge is 0.265 e. The van der Waals surface area contributed by atoms with Crippen LogP contribution in [0.3, 0.4) is 0 Å². The molecule has 30 heavy (non-hydrogen) atoms. The van der Waals surface area contributed by atoms with Crippen LogP contribution in [0.15, 0.2) is 48.5 Å². The van der Waals surface area contributed by atoms with Crippen molar-refractivity contribution in [1.29, 1.82) is 0 Å². The van der Waals surface area contributed by atoms with Gasteiger partial charge in [0.25, 0.3) is 11.8 Å². The monoisotopic (exact) mass is 433 g/mol. The lowest BCUT2D eigenvalue weighted by Crippen LogP contribution is -2.32. The summed E-state index contributed by atoms with van der Waals surface area (Å²) in [7, 11) is -1.91. The highest BCUT2D eigenvalue weighted by atomic mass is 32.2. The number of hydrogen-bond acceptors (Lipinski definition) is 5. The van der Waals surface area contributed by atoms with Crippen LogP contribution >= 0.6 is 0 Å². The van der Waals surface area contributed by atoms with Gasteiger partial charge in [-0.2, -0.15) is 0 Å². The minimum absolute atomic E-state index is 0.257. The Morgan fingerprint density at radius 3 is 2.33 bits per heavy atom. The van der Waals surface area contributed by atoms with Crippen molar-refractivity contribution in [2.75, 3.05) is 29.5 Å². The fourth-order valence-corrected chi connectivity index (χ4v) is 3.05. The molecule has 0 aliphatic carbocycles. The molecular weight excluding hydrogens is 406 g/mol. The minimum atomic E-state index is -3.36. The van der Waals surface area contributed by atoms with E-state index < -0.39 is 22.0 Å². The Hall–Kier alpha value is -3.07. The Morgan fingerprint density at radius 2 is 1.73 bits per heavy atom. The molecule has 0 aliphatic rings. The number of amides is 2.